The van der Waals surface area contributed by atoms with E-state index in [4.69, 9.17) is 5.73 Å². The lowest BCUT2D eigenvalue weighted by Crippen LogP contribution is -2.35. The summed E-state index contributed by atoms with van der Waals surface area (Å²) in [5.41, 5.74) is 8.31. The molecule has 0 aromatic carbocycles. The van der Waals surface area contributed by atoms with Crippen LogP contribution < -0.4 is 5.73 Å². The maximum Gasteiger partial charge on any atom is 0.272 e. The van der Waals surface area contributed by atoms with E-state index < -0.39 is 0 Å². The Morgan fingerprint density at radius 2 is 1.93 bits per heavy atom. The number of hydrogen-bond donors (Lipinski definition) is 1. The predicted octanol–water partition coefficient (Wildman–Crippen LogP) is 2.00. The molecule has 1 amide bonds. The highest BCUT2D eigenvalue weighted by molar-refractivity contribution is 5.92. The number of nitrogens with zero attached hydrogens (tertiary/aromatic N) is 5. The average molecular weight is 368 g/mol. The van der Waals surface area contributed by atoms with Gasteiger partial charge >= 0.3 is 0 Å². The molecule has 0 saturated carbocycles. The van der Waals surface area contributed by atoms with Gasteiger partial charge in [-0.3, -0.25) is 14.7 Å². The molecule has 3 rings (SSSR count). The highest BCUT2D eigenvalue weighted by Crippen LogP contribution is 2.14. The van der Waals surface area contributed by atoms with E-state index in [1.807, 2.05) is 29.4 Å². The van der Waals surface area contributed by atoms with Gasteiger partial charge in [0.2, 0.25) is 5.95 Å². The Kier molecular flexibility index (Phi) is 6.34. The van der Waals surface area contributed by atoms with E-state index >= 15 is 0 Å². The second-order valence-corrected chi connectivity index (χ2v) is 7.48. The maximum atomic E-state index is 13.0. The molecule has 7 nitrogen and oxygen atoms in total. The van der Waals surface area contributed by atoms with Crippen LogP contribution in [0.3, 0.4) is 0 Å². The molecule has 1 aliphatic rings. The summed E-state index contributed by atoms with van der Waals surface area (Å²) in [6.45, 7) is 8.34. The molecule has 3 heterocycles. The first-order chi connectivity index (χ1) is 13.0. The fourth-order valence-corrected chi connectivity index (χ4v) is 3.39. The minimum Gasteiger partial charge on any atom is -0.368 e. The standard InChI is InChI=1S/C20H28N6O/c1-15(2)12-17-13-18(24-20(21)23-17)19(27)26-9-3-8-25(10-11-26)14-16-4-6-22-7-5-16/h4-7,13,15H,3,8-12,14H2,1-2H3,(H2,21,23,24). The van der Waals surface area contributed by atoms with Gasteiger partial charge in [0.1, 0.15) is 5.69 Å². The molecule has 1 aliphatic heterocycles. The highest BCUT2D eigenvalue weighted by Gasteiger charge is 2.22. The number of carbonyl (C=O) groups excluding carboxylic acids is 1. The largest absolute Gasteiger partial charge is 0.368 e. The van der Waals surface area contributed by atoms with Crippen LogP contribution in [0.5, 0.6) is 0 Å². The highest BCUT2D eigenvalue weighted by atomic mass is 16.2. The Morgan fingerprint density at radius 3 is 2.67 bits per heavy atom. The summed E-state index contributed by atoms with van der Waals surface area (Å²) in [6, 6.07) is 5.86. The van der Waals surface area contributed by atoms with Gasteiger partial charge < -0.3 is 10.6 Å². The Bertz CT molecular complexity index is 764. The van der Waals surface area contributed by atoms with Crippen LogP contribution in [0.25, 0.3) is 0 Å². The molecule has 0 unspecified atom stereocenters. The second-order valence-electron chi connectivity index (χ2n) is 7.48. The normalized spacial score (nSPS) is 15.7. The quantitative estimate of drug-likeness (QED) is 0.868. The number of carbonyl (C=O) groups is 1. The molecule has 2 N–H and O–H groups in total. The number of nitrogen functional groups attached to an aromatic ring is 1. The van der Waals surface area contributed by atoms with Crippen molar-refractivity contribution in [3.8, 4) is 0 Å². The van der Waals surface area contributed by atoms with E-state index in [2.05, 4.69) is 33.7 Å². The molecule has 0 radical (unpaired) electrons. The summed E-state index contributed by atoms with van der Waals surface area (Å²) in [4.78, 5) is 29.7. The Hall–Kier alpha value is -2.54. The van der Waals surface area contributed by atoms with Gasteiger partial charge in [0.15, 0.2) is 0 Å². The fraction of sp³-hybridized carbons (Fsp3) is 0.500. The third-order valence-corrected chi connectivity index (χ3v) is 4.66. The Labute approximate surface area is 160 Å². The number of pyridine rings is 1. The van der Waals surface area contributed by atoms with Crippen molar-refractivity contribution in [2.24, 2.45) is 5.92 Å². The van der Waals surface area contributed by atoms with Gasteiger partial charge in [0.25, 0.3) is 5.91 Å². The van der Waals surface area contributed by atoms with Crippen LogP contribution in [0, 0.1) is 5.92 Å². The van der Waals surface area contributed by atoms with Crippen molar-refractivity contribution in [2.45, 2.75) is 33.2 Å². The molecule has 0 atom stereocenters. The molecular formula is C20H28N6O. The fourth-order valence-electron chi connectivity index (χ4n) is 3.39. The first-order valence-electron chi connectivity index (χ1n) is 9.55. The molecule has 1 fully saturated rings. The summed E-state index contributed by atoms with van der Waals surface area (Å²) >= 11 is 0. The summed E-state index contributed by atoms with van der Waals surface area (Å²) < 4.78 is 0. The molecule has 1 saturated heterocycles. The summed E-state index contributed by atoms with van der Waals surface area (Å²) in [5, 5.41) is 0. The van der Waals surface area contributed by atoms with Crippen molar-refractivity contribution in [3.63, 3.8) is 0 Å². The third-order valence-electron chi connectivity index (χ3n) is 4.66. The van der Waals surface area contributed by atoms with Crippen molar-refractivity contribution in [2.75, 3.05) is 31.9 Å². The lowest BCUT2D eigenvalue weighted by molar-refractivity contribution is 0.0755. The lowest BCUT2D eigenvalue weighted by atomic mass is 10.1. The van der Waals surface area contributed by atoms with Gasteiger partial charge in [-0.25, -0.2) is 9.97 Å². The van der Waals surface area contributed by atoms with E-state index in [0.717, 1.165) is 44.7 Å². The molecule has 7 heteroatoms. The molecule has 0 aliphatic carbocycles. The second kappa shape index (κ2) is 8.90. The van der Waals surface area contributed by atoms with Crippen LogP contribution in [0.4, 0.5) is 5.95 Å². The smallest absolute Gasteiger partial charge is 0.272 e. The molecule has 2 aromatic rings. The minimum atomic E-state index is -0.0557. The van der Waals surface area contributed by atoms with E-state index in [-0.39, 0.29) is 11.9 Å². The van der Waals surface area contributed by atoms with E-state index in [0.29, 0.717) is 18.2 Å². The van der Waals surface area contributed by atoms with Crippen LogP contribution in [-0.4, -0.2) is 56.8 Å². The zero-order chi connectivity index (χ0) is 19.2. The number of aromatic nitrogens is 3. The van der Waals surface area contributed by atoms with Crippen LogP contribution in [0.1, 0.15) is 42.0 Å². The van der Waals surface area contributed by atoms with Crippen molar-refractivity contribution < 1.29 is 4.79 Å². The topological polar surface area (TPSA) is 88.2 Å². The Morgan fingerprint density at radius 1 is 1.15 bits per heavy atom. The monoisotopic (exact) mass is 368 g/mol. The van der Waals surface area contributed by atoms with Gasteiger partial charge in [-0.15, -0.1) is 0 Å². The minimum absolute atomic E-state index is 0.0557. The first kappa shape index (κ1) is 19.2. The van der Waals surface area contributed by atoms with Gasteiger partial charge in [-0.2, -0.15) is 0 Å². The number of rotatable bonds is 5. The summed E-state index contributed by atoms with van der Waals surface area (Å²) in [6.07, 6.45) is 5.36. The van der Waals surface area contributed by atoms with Crippen LogP contribution in [0.15, 0.2) is 30.6 Å². The summed E-state index contributed by atoms with van der Waals surface area (Å²) in [7, 11) is 0. The first-order valence-corrected chi connectivity index (χ1v) is 9.55. The molecule has 0 bridgehead atoms. The zero-order valence-electron chi connectivity index (χ0n) is 16.1. The van der Waals surface area contributed by atoms with E-state index in [1.54, 1.807) is 6.07 Å². The maximum absolute atomic E-state index is 13.0. The van der Waals surface area contributed by atoms with Gasteiger partial charge in [0, 0.05) is 50.8 Å². The SMILES string of the molecule is CC(C)Cc1cc(C(=O)N2CCCN(Cc3ccncc3)CC2)nc(N)n1. The van der Waals surface area contributed by atoms with E-state index in [9.17, 15) is 4.79 Å². The van der Waals surface area contributed by atoms with Crippen molar-refractivity contribution in [1.82, 2.24) is 24.8 Å². The number of hydrogen-bond acceptors (Lipinski definition) is 6. The lowest BCUT2D eigenvalue weighted by Gasteiger charge is -2.22. The molecule has 2 aromatic heterocycles. The van der Waals surface area contributed by atoms with E-state index in [1.165, 1.54) is 5.56 Å². The molecule has 0 spiro atoms. The van der Waals surface area contributed by atoms with Crippen LogP contribution in [-0.2, 0) is 13.0 Å². The van der Waals surface area contributed by atoms with Crippen molar-refractivity contribution in [1.29, 1.82) is 0 Å². The molecule has 27 heavy (non-hydrogen) atoms. The summed E-state index contributed by atoms with van der Waals surface area (Å²) in [5.74, 6) is 0.563. The number of anilines is 1. The molecular weight excluding hydrogens is 340 g/mol. The van der Waals surface area contributed by atoms with Crippen LogP contribution in [0.2, 0.25) is 0 Å². The van der Waals surface area contributed by atoms with Gasteiger partial charge in [-0.1, -0.05) is 13.8 Å². The third kappa shape index (κ3) is 5.47. The average Bonchev–Trinajstić information content (AvgIpc) is 2.86. The van der Waals surface area contributed by atoms with Gasteiger partial charge in [0.05, 0.1) is 0 Å². The zero-order valence-corrected chi connectivity index (χ0v) is 16.1. The Balaban J connectivity index is 1.65. The molecule has 144 valence electrons. The van der Waals surface area contributed by atoms with Crippen LogP contribution >= 0.6 is 0 Å². The van der Waals surface area contributed by atoms with Crippen molar-refractivity contribution in [3.05, 3.63) is 47.5 Å². The van der Waals surface area contributed by atoms with Gasteiger partial charge in [-0.05, 0) is 42.5 Å². The van der Waals surface area contributed by atoms with Crippen molar-refractivity contribution >= 4 is 11.9 Å². The number of amides is 1. The predicted molar refractivity (Wildman–Crippen MR) is 105 cm³/mol. The number of nitrogens with two attached hydrogens (primary N) is 1.